The van der Waals surface area contributed by atoms with Gasteiger partial charge in [0, 0.05) is 18.5 Å². The molecule has 0 fully saturated rings. The Morgan fingerprint density at radius 3 is 3.05 bits per heavy atom. The van der Waals surface area contributed by atoms with Crippen molar-refractivity contribution in [2.45, 2.75) is 12.5 Å². The van der Waals surface area contributed by atoms with E-state index in [-0.39, 0.29) is 12.6 Å². The summed E-state index contributed by atoms with van der Waals surface area (Å²) in [6.07, 6.45) is 5.86. The van der Waals surface area contributed by atoms with Crippen LogP contribution in [-0.2, 0) is 11.2 Å². The number of carboxylic acids is 1. The molecule has 0 aliphatic carbocycles. The molecule has 0 spiro atoms. The lowest BCUT2D eigenvalue weighted by Crippen LogP contribution is -2.48. The Bertz CT molecular complexity index is 546. The normalized spacial score (nSPS) is 17.5. The van der Waals surface area contributed by atoms with Crippen LogP contribution in [0.5, 0.6) is 0 Å². The quantitative estimate of drug-likeness (QED) is 0.832. The summed E-state index contributed by atoms with van der Waals surface area (Å²) in [5.41, 5.74) is 0.714. The average Bonchev–Trinajstić information content (AvgIpc) is 2.84. The number of fused-ring (bicyclic) bond motifs is 1. The minimum atomic E-state index is -1.01. The molecule has 2 amide bonds. The van der Waals surface area contributed by atoms with Gasteiger partial charge in [0.05, 0.1) is 6.54 Å². The molecule has 19 heavy (non-hydrogen) atoms. The monoisotopic (exact) mass is 278 g/mol. The van der Waals surface area contributed by atoms with Crippen LogP contribution in [0.15, 0.2) is 11.4 Å². The molecule has 1 aromatic rings. The molecule has 1 aromatic heterocycles. The van der Waals surface area contributed by atoms with E-state index in [0.717, 1.165) is 4.88 Å². The molecule has 0 bridgehead atoms. The average molecular weight is 278 g/mol. The summed E-state index contributed by atoms with van der Waals surface area (Å²) < 4.78 is 0. The van der Waals surface area contributed by atoms with Crippen molar-refractivity contribution >= 4 is 23.3 Å². The first-order valence-electron chi connectivity index (χ1n) is 5.80. The predicted molar refractivity (Wildman–Crippen MR) is 72.0 cm³/mol. The third kappa shape index (κ3) is 2.42. The van der Waals surface area contributed by atoms with Crippen molar-refractivity contribution in [1.82, 2.24) is 9.80 Å². The van der Waals surface area contributed by atoms with Gasteiger partial charge in [-0.1, -0.05) is 5.92 Å². The van der Waals surface area contributed by atoms with E-state index in [2.05, 4.69) is 5.92 Å². The fraction of sp³-hybridized carbons (Fsp3) is 0.385. The van der Waals surface area contributed by atoms with Crippen molar-refractivity contribution in [2.75, 3.05) is 20.1 Å². The number of amides is 2. The Balaban J connectivity index is 2.29. The van der Waals surface area contributed by atoms with Crippen molar-refractivity contribution in [1.29, 1.82) is 0 Å². The first-order valence-corrected chi connectivity index (χ1v) is 6.68. The van der Waals surface area contributed by atoms with Crippen molar-refractivity contribution in [3.8, 4) is 12.3 Å². The standard InChI is InChI=1S/C13H14N2O3S/c1-3-6-14(2)13(18)15-7-4-10-9(5-8-19-10)11(15)12(16)17/h1,5,8,11H,4,6-7H2,2H3,(H,16,17). The Morgan fingerprint density at radius 1 is 1.68 bits per heavy atom. The summed E-state index contributed by atoms with van der Waals surface area (Å²) in [5, 5.41) is 11.2. The maximum absolute atomic E-state index is 12.2. The molecule has 100 valence electrons. The number of hydrogen-bond acceptors (Lipinski definition) is 3. The highest BCUT2D eigenvalue weighted by Crippen LogP contribution is 2.33. The highest BCUT2D eigenvalue weighted by Gasteiger charge is 2.37. The molecule has 2 heterocycles. The molecule has 1 unspecified atom stereocenters. The van der Waals surface area contributed by atoms with E-state index >= 15 is 0 Å². The Hall–Kier alpha value is -2.00. The fourth-order valence-corrected chi connectivity index (χ4v) is 3.12. The molecule has 0 saturated heterocycles. The van der Waals surface area contributed by atoms with Gasteiger partial charge in [-0.2, -0.15) is 0 Å². The maximum atomic E-state index is 12.2. The van der Waals surface area contributed by atoms with Crippen LogP contribution in [0.1, 0.15) is 16.5 Å². The van der Waals surface area contributed by atoms with Gasteiger partial charge in [0.15, 0.2) is 6.04 Å². The zero-order chi connectivity index (χ0) is 14.0. The minimum Gasteiger partial charge on any atom is -0.479 e. The number of carbonyl (C=O) groups is 2. The molecule has 2 rings (SSSR count). The summed E-state index contributed by atoms with van der Waals surface area (Å²) in [6, 6.07) is 0.518. The molecule has 5 nitrogen and oxygen atoms in total. The predicted octanol–water partition coefficient (Wildman–Crippen LogP) is 1.42. The van der Waals surface area contributed by atoms with Gasteiger partial charge in [-0.3, -0.25) is 0 Å². The number of hydrogen-bond donors (Lipinski definition) is 1. The van der Waals surface area contributed by atoms with Crippen LogP contribution in [0, 0.1) is 12.3 Å². The van der Waals surface area contributed by atoms with Gasteiger partial charge in [0.25, 0.3) is 0 Å². The lowest BCUT2D eigenvalue weighted by Gasteiger charge is -2.35. The number of carboxylic acid groups (broad SMARTS) is 1. The molecule has 1 atom stereocenters. The van der Waals surface area contributed by atoms with Crippen LogP contribution in [-0.4, -0.2) is 47.0 Å². The molecule has 6 heteroatoms. The lowest BCUT2D eigenvalue weighted by atomic mass is 10.0. The summed E-state index contributed by atoms with van der Waals surface area (Å²) >= 11 is 1.53. The Morgan fingerprint density at radius 2 is 2.42 bits per heavy atom. The summed E-state index contributed by atoms with van der Waals surface area (Å²) in [5.74, 6) is 1.37. The number of aliphatic carboxylic acids is 1. The van der Waals surface area contributed by atoms with Crippen molar-refractivity contribution in [2.24, 2.45) is 0 Å². The Kier molecular flexibility index (Phi) is 3.76. The maximum Gasteiger partial charge on any atom is 0.331 e. The number of urea groups is 1. The highest BCUT2D eigenvalue weighted by molar-refractivity contribution is 7.10. The van der Waals surface area contributed by atoms with Gasteiger partial charge in [-0.15, -0.1) is 17.8 Å². The zero-order valence-corrected chi connectivity index (χ0v) is 11.3. The molecule has 1 aliphatic heterocycles. The van der Waals surface area contributed by atoms with E-state index in [1.54, 1.807) is 13.1 Å². The topological polar surface area (TPSA) is 60.9 Å². The summed E-state index contributed by atoms with van der Waals surface area (Å²) in [7, 11) is 1.57. The number of carbonyl (C=O) groups excluding carboxylic acids is 1. The van der Waals surface area contributed by atoms with Crippen LogP contribution in [0.25, 0.3) is 0 Å². The second-order valence-electron chi connectivity index (χ2n) is 4.33. The second kappa shape index (κ2) is 5.33. The molecular formula is C13H14N2O3S. The van der Waals surface area contributed by atoms with E-state index in [1.807, 2.05) is 5.38 Å². The number of terminal acetylenes is 1. The third-order valence-corrected chi connectivity index (χ3v) is 4.10. The number of rotatable bonds is 2. The largest absolute Gasteiger partial charge is 0.479 e. The van der Waals surface area contributed by atoms with Crippen LogP contribution in [0.3, 0.4) is 0 Å². The van der Waals surface area contributed by atoms with Gasteiger partial charge in [0.2, 0.25) is 0 Å². The number of nitrogens with zero attached hydrogens (tertiary/aromatic N) is 2. The molecule has 0 radical (unpaired) electrons. The Labute approximate surface area is 115 Å². The van der Waals surface area contributed by atoms with Gasteiger partial charge < -0.3 is 14.9 Å². The minimum absolute atomic E-state index is 0.165. The smallest absolute Gasteiger partial charge is 0.331 e. The first-order chi connectivity index (χ1) is 9.06. The summed E-state index contributed by atoms with van der Waals surface area (Å²) in [4.78, 5) is 27.5. The van der Waals surface area contributed by atoms with Crippen molar-refractivity contribution in [3.05, 3.63) is 21.9 Å². The van der Waals surface area contributed by atoms with Crippen molar-refractivity contribution in [3.63, 3.8) is 0 Å². The zero-order valence-electron chi connectivity index (χ0n) is 10.5. The summed E-state index contributed by atoms with van der Waals surface area (Å²) in [6.45, 7) is 0.566. The van der Waals surface area contributed by atoms with E-state index in [1.165, 1.54) is 21.1 Å². The van der Waals surface area contributed by atoms with Crippen LogP contribution < -0.4 is 0 Å². The van der Waals surface area contributed by atoms with E-state index in [0.29, 0.717) is 18.5 Å². The highest BCUT2D eigenvalue weighted by atomic mass is 32.1. The molecule has 1 N–H and O–H groups in total. The molecule has 1 aliphatic rings. The fourth-order valence-electron chi connectivity index (χ4n) is 2.21. The van der Waals surface area contributed by atoms with Gasteiger partial charge in [-0.05, 0) is 23.4 Å². The van der Waals surface area contributed by atoms with Crippen LogP contribution in [0.4, 0.5) is 4.79 Å². The lowest BCUT2D eigenvalue weighted by molar-refractivity contribution is -0.142. The molecular weight excluding hydrogens is 264 g/mol. The van der Waals surface area contributed by atoms with Gasteiger partial charge in [-0.25, -0.2) is 9.59 Å². The van der Waals surface area contributed by atoms with E-state index in [4.69, 9.17) is 6.42 Å². The molecule has 0 aromatic carbocycles. The van der Waals surface area contributed by atoms with E-state index < -0.39 is 12.0 Å². The van der Waals surface area contributed by atoms with Crippen LogP contribution >= 0.6 is 11.3 Å². The van der Waals surface area contributed by atoms with Crippen LogP contribution in [0.2, 0.25) is 0 Å². The van der Waals surface area contributed by atoms with Crippen molar-refractivity contribution < 1.29 is 14.7 Å². The third-order valence-electron chi connectivity index (χ3n) is 3.10. The van der Waals surface area contributed by atoms with E-state index in [9.17, 15) is 14.7 Å². The molecule has 0 saturated carbocycles. The van der Waals surface area contributed by atoms with Gasteiger partial charge in [0.1, 0.15) is 0 Å². The number of thiophene rings is 1. The SMILES string of the molecule is C#CCN(C)C(=O)N1CCc2sccc2C1C(=O)O. The second-order valence-corrected chi connectivity index (χ2v) is 5.33. The van der Waals surface area contributed by atoms with Gasteiger partial charge >= 0.3 is 12.0 Å². The first kappa shape index (κ1) is 13.4.